The van der Waals surface area contributed by atoms with Crippen LogP contribution in [0.3, 0.4) is 0 Å². The van der Waals surface area contributed by atoms with Crippen molar-refractivity contribution in [2.45, 2.75) is 26.8 Å². The van der Waals surface area contributed by atoms with E-state index in [0.717, 1.165) is 26.2 Å². The van der Waals surface area contributed by atoms with Crippen molar-refractivity contribution >= 4 is 23.0 Å². The van der Waals surface area contributed by atoms with E-state index < -0.39 is 4.92 Å². The molecule has 8 nitrogen and oxygen atoms in total. The fourth-order valence-corrected chi connectivity index (χ4v) is 3.73. The largest absolute Gasteiger partial charge is 0.494 e. The molecule has 0 aliphatic carbocycles. The van der Waals surface area contributed by atoms with Gasteiger partial charge < -0.3 is 15.0 Å². The van der Waals surface area contributed by atoms with Crippen molar-refractivity contribution in [3.63, 3.8) is 0 Å². The highest BCUT2D eigenvalue weighted by Crippen LogP contribution is 2.29. The van der Waals surface area contributed by atoms with Crippen LogP contribution in [0.25, 0.3) is 0 Å². The lowest BCUT2D eigenvalue weighted by Gasteiger charge is -2.39. The number of hydrogen-bond acceptors (Lipinski definition) is 6. The number of rotatable bonds is 6. The zero-order valence-electron chi connectivity index (χ0n) is 17.8. The van der Waals surface area contributed by atoms with Crippen LogP contribution < -0.4 is 15.0 Å². The second-order valence-corrected chi connectivity index (χ2v) is 7.55. The third kappa shape index (κ3) is 4.54. The Labute approximate surface area is 176 Å². The Hall–Kier alpha value is -3.13. The number of ether oxygens (including phenoxy) is 1. The summed E-state index contributed by atoms with van der Waals surface area (Å²) in [6.07, 6.45) is 0. The minimum atomic E-state index is -0.494. The average Bonchev–Trinajstić information content (AvgIpc) is 2.75. The molecule has 2 aromatic rings. The maximum absolute atomic E-state index is 12.8. The number of nitrogens with one attached hydrogen (secondary N) is 1. The van der Waals surface area contributed by atoms with E-state index in [4.69, 9.17) is 4.74 Å². The molecule has 8 heteroatoms. The number of non-ortho nitro benzene ring substituents is 1. The van der Waals surface area contributed by atoms with Crippen LogP contribution in [0.5, 0.6) is 5.75 Å². The Bertz CT molecular complexity index is 939. The summed E-state index contributed by atoms with van der Waals surface area (Å²) < 4.78 is 5.21. The van der Waals surface area contributed by atoms with E-state index in [2.05, 4.69) is 47.2 Å². The molecule has 3 rings (SSSR count). The van der Waals surface area contributed by atoms with Gasteiger partial charge in [-0.15, -0.1) is 0 Å². The molecule has 0 saturated carbocycles. The lowest BCUT2D eigenvalue weighted by atomic mass is 10.1. The van der Waals surface area contributed by atoms with Crippen LogP contribution in [0.4, 0.5) is 17.1 Å². The van der Waals surface area contributed by atoms with E-state index in [1.807, 2.05) is 6.92 Å². The van der Waals surface area contributed by atoms with E-state index in [9.17, 15) is 14.9 Å². The molecule has 1 aliphatic heterocycles. The summed E-state index contributed by atoms with van der Waals surface area (Å²) in [5.74, 6) is 0.104. The van der Waals surface area contributed by atoms with Gasteiger partial charge in [0, 0.05) is 37.9 Å². The van der Waals surface area contributed by atoms with Gasteiger partial charge >= 0.3 is 0 Å². The molecule has 0 aromatic heterocycles. The van der Waals surface area contributed by atoms with Gasteiger partial charge in [0.05, 0.1) is 29.8 Å². The number of nitro benzene ring substituents is 1. The topological polar surface area (TPSA) is 87.9 Å². The maximum Gasteiger partial charge on any atom is 0.273 e. The van der Waals surface area contributed by atoms with Crippen LogP contribution in [0.15, 0.2) is 36.4 Å². The Balaban J connectivity index is 1.62. The number of carbonyl (C=O) groups excluding carboxylic acids is 1. The van der Waals surface area contributed by atoms with Gasteiger partial charge in [0.2, 0.25) is 5.91 Å². The third-order valence-electron chi connectivity index (χ3n) is 5.81. The predicted octanol–water partition coefficient (Wildman–Crippen LogP) is 3.37. The van der Waals surface area contributed by atoms with Crippen LogP contribution in [0.1, 0.15) is 18.1 Å². The lowest BCUT2D eigenvalue weighted by molar-refractivity contribution is -0.384. The van der Waals surface area contributed by atoms with Crippen molar-refractivity contribution in [1.29, 1.82) is 0 Å². The summed E-state index contributed by atoms with van der Waals surface area (Å²) in [7, 11) is 1.42. The number of carbonyl (C=O) groups is 1. The first-order valence-electron chi connectivity index (χ1n) is 10.0. The number of nitro groups is 1. The molecule has 160 valence electrons. The van der Waals surface area contributed by atoms with E-state index in [0.29, 0.717) is 5.69 Å². The molecule has 1 amide bonds. The second-order valence-electron chi connectivity index (χ2n) is 7.55. The minimum Gasteiger partial charge on any atom is -0.494 e. The van der Waals surface area contributed by atoms with Gasteiger partial charge in [-0.3, -0.25) is 19.8 Å². The van der Waals surface area contributed by atoms with Crippen molar-refractivity contribution in [3.05, 3.63) is 57.6 Å². The summed E-state index contributed by atoms with van der Waals surface area (Å²) in [4.78, 5) is 27.7. The monoisotopic (exact) mass is 412 g/mol. The van der Waals surface area contributed by atoms with Crippen molar-refractivity contribution in [3.8, 4) is 5.75 Å². The zero-order valence-corrected chi connectivity index (χ0v) is 17.8. The summed E-state index contributed by atoms with van der Waals surface area (Å²) in [5, 5.41) is 13.8. The quantitative estimate of drug-likeness (QED) is 0.578. The fraction of sp³-hybridized carbons (Fsp3) is 0.409. The first kappa shape index (κ1) is 21.6. The van der Waals surface area contributed by atoms with Crippen molar-refractivity contribution in [2.75, 3.05) is 43.5 Å². The minimum absolute atomic E-state index is 0.0829. The van der Waals surface area contributed by atoms with Crippen LogP contribution in [0.2, 0.25) is 0 Å². The molecule has 0 radical (unpaired) electrons. The SMILES string of the molecule is COc1cc([N+](=O)[O-])ccc1NC(=O)[C@H](C)N1CCN(c2cccc(C)c2C)CC1. The van der Waals surface area contributed by atoms with Crippen molar-refractivity contribution in [2.24, 2.45) is 0 Å². The molecule has 1 aliphatic rings. The van der Waals surface area contributed by atoms with Crippen LogP contribution in [-0.4, -0.2) is 55.1 Å². The lowest BCUT2D eigenvalue weighted by Crippen LogP contribution is -2.53. The molecule has 1 heterocycles. The molecule has 30 heavy (non-hydrogen) atoms. The fourth-order valence-electron chi connectivity index (χ4n) is 3.73. The van der Waals surface area contributed by atoms with E-state index in [1.165, 1.54) is 42.1 Å². The molecule has 2 aromatic carbocycles. The molecule has 1 saturated heterocycles. The Morgan fingerprint density at radius 1 is 1.17 bits per heavy atom. The van der Waals surface area contributed by atoms with Gasteiger partial charge in [-0.2, -0.15) is 0 Å². The molecule has 1 atom stereocenters. The number of piperazine rings is 1. The number of anilines is 2. The summed E-state index contributed by atoms with van der Waals surface area (Å²) >= 11 is 0. The number of nitrogens with zero attached hydrogens (tertiary/aromatic N) is 3. The molecule has 1 fully saturated rings. The normalized spacial score (nSPS) is 15.5. The van der Waals surface area contributed by atoms with Crippen LogP contribution >= 0.6 is 0 Å². The Kier molecular flexibility index (Phi) is 6.56. The third-order valence-corrected chi connectivity index (χ3v) is 5.81. The molecule has 1 N–H and O–H groups in total. The highest BCUT2D eigenvalue weighted by Gasteiger charge is 2.27. The number of amides is 1. The van der Waals surface area contributed by atoms with E-state index in [1.54, 1.807) is 0 Å². The number of benzene rings is 2. The van der Waals surface area contributed by atoms with Crippen LogP contribution in [-0.2, 0) is 4.79 Å². The van der Waals surface area contributed by atoms with Crippen LogP contribution in [0, 0.1) is 24.0 Å². The van der Waals surface area contributed by atoms with Crippen molar-refractivity contribution in [1.82, 2.24) is 4.90 Å². The summed E-state index contributed by atoms with van der Waals surface area (Å²) in [6.45, 7) is 9.39. The Morgan fingerprint density at radius 3 is 2.50 bits per heavy atom. The smallest absolute Gasteiger partial charge is 0.273 e. The van der Waals surface area contributed by atoms with Gasteiger partial charge in [-0.25, -0.2) is 0 Å². The van der Waals surface area contributed by atoms with Crippen molar-refractivity contribution < 1.29 is 14.5 Å². The van der Waals surface area contributed by atoms with Gasteiger partial charge in [0.1, 0.15) is 5.75 Å². The number of aryl methyl sites for hydroxylation is 1. The molecular formula is C22H28N4O4. The maximum atomic E-state index is 12.8. The molecule has 0 unspecified atom stereocenters. The first-order chi connectivity index (χ1) is 14.3. The van der Waals surface area contributed by atoms with E-state index in [-0.39, 0.29) is 23.4 Å². The number of hydrogen-bond donors (Lipinski definition) is 1. The average molecular weight is 412 g/mol. The van der Waals surface area contributed by atoms with Gasteiger partial charge in [-0.1, -0.05) is 12.1 Å². The highest BCUT2D eigenvalue weighted by atomic mass is 16.6. The molecular weight excluding hydrogens is 384 g/mol. The summed E-state index contributed by atoms with van der Waals surface area (Å²) in [5.41, 5.74) is 4.17. The summed E-state index contributed by atoms with van der Waals surface area (Å²) in [6, 6.07) is 10.2. The molecule has 0 bridgehead atoms. The number of methoxy groups -OCH3 is 1. The van der Waals surface area contributed by atoms with Gasteiger partial charge in [0.25, 0.3) is 5.69 Å². The molecule has 0 spiro atoms. The standard InChI is InChI=1S/C22H28N4O4/c1-15-6-5-7-20(16(15)2)25-12-10-24(11-13-25)17(3)22(27)23-19-9-8-18(26(28)29)14-21(19)30-4/h5-9,14,17H,10-13H2,1-4H3,(H,23,27)/t17-/m0/s1. The zero-order chi connectivity index (χ0) is 21.8. The predicted molar refractivity (Wildman–Crippen MR) is 117 cm³/mol. The van der Waals surface area contributed by atoms with Gasteiger partial charge in [-0.05, 0) is 44.0 Å². The first-order valence-corrected chi connectivity index (χ1v) is 10.0. The van der Waals surface area contributed by atoms with Gasteiger partial charge in [0.15, 0.2) is 0 Å². The second kappa shape index (κ2) is 9.13. The highest BCUT2D eigenvalue weighted by molar-refractivity contribution is 5.96. The van der Waals surface area contributed by atoms with E-state index >= 15 is 0 Å². The Morgan fingerprint density at radius 2 is 1.87 bits per heavy atom.